The largest absolute Gasteiger partial charge is 0.330 e. The van der Waals surface area contributed by atoms with E-state index in [9.17, 15) is 4.79 Å². The Hall–Kier alpha value is -0.700. The van der Waals surface area contributed by atoms with E-state index in [-0.39, 0.29) is 5.91 Å². The molecule has 0 aromatic heterocycles. The maximum Gasteiger partial charge on any atom is 0.245 e. The molecule has 0 fully saturated rings. The minimum absolute atomic E-state index is 0.171. The molecule has 0 aliphatic rings. The first kappa shape index (κ1) is 7.30. The SMILES string of the molecule is C=NC(=O)CCCN. The number of nitrogens with two attached hydrogens (primary N) is 1. The van der Waals surface area contributed by atoms with Gasteiger partial charge >= 0.3 is 0 Å². The molecule has 0 aliphatic carbocycles. The molecule has 0 spiro atoms. The van der Waals surface area contributed by atoms with Gasteiger partial charge in [-0.15, -0.1) is 0 Å². The van der Waals surface area contributed by atoms with Gasteiger partial charge in [0.05, 0.1) is 0 Å². The molecule has 8 heavy (non-hydrogen) atoms. The van der Waals surface area contributed by atoms with E-state index < -0.39 is 0 Å². The van der Waals surface area contributed by atoms with Crippen molar-refractivity contribution in [1.29, 1.82) is 0 Å². The van der Waals surface area contributed by atoms with Crippen LogP contribution in [-0.2, 0) is 4.79 Å². The zero-order chi connectivity index (χ0) is 6.41. The number of hydrogen-bond donors (Lipinski definition) is 1. The maximum atomic E-state index is 10.3. The Labute approximate surface area is 48.6 Å². The third kappa shape index (κ3) is 3.49. The van der Waals surface area contributed by atoms with Gasteiger partial charge in [-0.3, -0.25) is 4.79 Å². The Balaban J connectivity index is 3.11. The van der Waals surface area contributed by atoms with Crippen molar-refractivity contribution in [2.75, 3.05) is 6.54 Å². The number of hydrogen-bond acceptors (Lipinski definition) is 2. The van der Waals surface area contributed by atoms with E-state index in [1.807, 2.05) is 0 Å². The molecule has 3 heteroatoms. The molecule has 46 valence electrons. The number of aliphatic imine (C=N–C) groups is 1. The summed E-state index contributed by atoms with van der Waals surface area (Å²) in [5.74, 6) is -0.171. The average Bonchev–Trinajstić information content (AvgIpc) is 1.83. The summed E-state index contributed by atoms with van der Waals surface area (Å²) in [5.41, 5.74) is 5.12. The summed E-state index contributed by atoms with van der Waals surface area (Å²) >= 11 is 0. The molecule has 0 radical (unpaired) electrons. The van der Waals surface area contributed by atoms with E-state index in [4.69, 9.17) is 5.73 Å². The Morgan fingerprint density at radius 2 is 2.38 bits per heavy atom. The molecule has 0 rings (SSSR count). The van der Waals surface area contributed by atoms with Crippen LogP contribution in [0.1, 0.15) is 12.8 Å². The number of rotatable bonds is 3. The van der Waals surface area contributed by atoms with Crippen LogP contribution in [0.2, 0.25) is 0 Å². The standard InChI is InChI=1S/C5H10N2O/c1-7-5(8)3-2-4-6/h1-4,6H2. The average molecular weight is 114 g/mol. The van der Waals surface area contributed by atoms with Gasteiger partial charge < -0.3 is 5.73 Å². The van der Waals surface area contributed by atoms with Gasteiger partial charge in [-0.1, -0.05) is 0 Å². The summed E-state index contributed by atoms with van der Waals surface area (Å²) in [7, 11) is 0. The van der Waals surface area contributed by atoms with Crippen molar-refractivity contribution in [2.24, 2.45) is 10.7 Å². The summed E-state index contributed by atoms with van der Waals surface area (Å²) in [6.45, 7) is 3.62. The predicted octanol–water partition coefficient (Wildman–Crippen LogP) is -0.0475. The predicted molar refractivity (Wildman–Crippen MR) is 32.8 cm³/mol. The van der Waals surface area contributed by atoms with Crippen LogP contribution in [-0.4, -0.2) is 19.2 Å². The van der Waals surface area contributed by atoms with Crippen LogP contribution in [0.5, 0.6) is 0 Å². The first-order chi connectivity index (χ1) is 3.81. The Bertz CT molecular complexity index is 90.4. The molecule has 0 bridgehead atoms. The van der Waals surface area contributed by atoms with Crippen LogP contribution in [0.15, 0.2) is 4.99 Å². The zero-order valence-electron chi connectivity index (χ0n) is 4.76. The molecule has 1 amide bonds. The van der Waals surface area contributed by atoms with E-state index in [1.54, 1.807) is 0 Å². The van der Waals surface area contributed by atoms with E-state index in [0.29, 0.717) is 19.4 Å². The van der Waals surface area contributed by atoms with Gasteiger partial charge in [0.15, 0.2) is 0 Å². The van der Waals surface area contributed by atoms with Crippen molar-refractivity contribution in [3.05, 3.63) is 0 Å². The van der Waals surface area contributed by atoms with Gasteiger partial charge in [0.2, 0.25) is 5.91 Å². The highest BCUT2D eigenvalue weighted by molar-refractivity contribution is 5.80. The van der Waals surface area contributed by atoms with Crippen molar-refractivity contribution in [3.63, 3.8) is 0 Å². The van der Waals surface area contributed by atoms with Crippen LogP contribution >= 0.6 is 0 Å². The van der Waals surface area contributed by atoms with Crippen molar-refractivity contribution < 1.29 is 4.79 Å². The second-order valence-corrected chi connectivity index (χ2v) is 1.44. The molecule has 0 saturated carbocycles. The fraction of sp³-hybridized carbons (Fsp3) is 0.600. The second kappa shape index (κ2) is 4.46. The Morgan fingerprint density at radius 1 is 1.75 bits per heavy atom. The molecule has 0 aromatic carbocycles. The van der Waals surface area contributed by atoms with Crippen molar-refractivity contribution >= 4 is 12.6 Å². The third-order valence-corrected chi connectivity index (χ3v) is 0.771. The fourth-order valence-electron chi connectivity index (χ4n) is 0.332. The monoisotopic (exact) mass is 114 g/mol. The highest BCUT2D eigenvalue weighted by Crippen LogP contribution is 1.86. The van der Waals surface area contributed by atoms with Crippen LogP contribution in [0, 0.1) is 0 Å². The molecule has 0 saturated heterocycles. The second-order valence-electron chi connectivity index (χ2n) is 1.44. The lowest BCUT2D eigenvalue weighted by atomic mass is 10.3. The van der Waals surface area contributed by atoms with Gasteiger partial charge in [0.25, 0.3) is 0 Å². The van der Waals surface area contributed by atoms with Gasteiger partial charge in [0, 0.05) is 6.42 Å². The van der Waals surface area contributed by atoms with E-state index in [1.165, 1.54) is 0 Å². The normalized spacial score (nSPS) is 8.62. The van der Waals surface area contributed by atoms with Gasteiger partial charge in [0.1, 0.15) is 0 Å². The van der Waals surface area contributed by atoms with Gasteiger partial charge in [-0.25, -0.2) is 4.99 Å². The quantitative estimate of drug-likeness (QED) is 0.523. The molecule has 2 N–H and O–H groups in total. The highest BCUT2D eigenvalue weighted by atomic mass is 16.1. The summed E-state index contributed by atoms with van der Waals surface area (Å²) in [4.78, 5) is 13.5. The maximum absolute atomic E-state index is 10.3. The molecular formula is C5H10N2O. The zero-order valence-corrected chi connectivity index (χ0v) is 4.76. The summed E-state index contributed by atoms with van der Waals surface area (Å²) in [6, 6.07) is 0. The lowest BCUT2D eigenvalue weighted by Crippen LogP contribution is -2.01. The number of nitrogens with zero attached hydrogens (tertiary/aromatic N) is 1. The van der Waals surface area contributed by atoms with E-state index >= 15 is 0 Å². The fourth-order valence-corrected chi connectivity index (χ4v) is 0.332. The van der Waals surface area contributed by atoms with Crippen molar-refractivity contribution in [1.82, 2.24) is 0 Å². The van der Waals surface area contributed by atoms with Gasteiger partial charge in [-0.2, -0.15) is 0 Å². The highest BCUT2D eigenvalue weighted by Gasteiger charge is 1.92. The Kier molecular flexibility index (Phi) is 4.07. The number of carbonyl (C=O) groups excluding carboxylic acids is 1. The summed E-state index contributed by atoms with van der Waals surface area (Å²) in [6.07, 6.45) is 1.14. The summed E-state index contributed by atoms with van der Waals surface area (Å²) < 4.78 is 0. The smallest absolute Gasteiger partial charge is 0.245 e. The minimum Gasteiger partial charge on any atom is -0.330 e. The van der Waals surface area contributed by atoms with Crippen LogP contribution < -0.4 is 5.73 Å². The first-order valence-corrected chi connectivity index (χ1v) is 2.51. The van der Waals surface area contributed by atoms with Crippen molar-refractivity contribution in [3.8, 4) is 0 Å². The minimum atomic E-state index is -0.171. The van der Waals surface area contributed by atoms with Crippen LogP contribution in [0.4, 0.5) is 0 Å². The Morgan fingerprint density at radius 3 is 2.75 bits per heavy atom. The molecule has 0 heterocycles. The first-order valence-electron chi connectivity index (χ1n) is 2.51. The van der Waals surface area contributed by atoms with Gasteiger partial charge in [-0.05, 0) is 19.7 Å². The molecule has 0 aromatic rings. The number of carbonyl (C=O) groups is 1. The topological polar surface area (TPSA) is 55.5 Å². The van der Waals surface area contributed by atoms with Crippen LogP contribution in [0.3, 0.4) is 0 Å². The lowest BCUT2D eigenvalue weighted by molar-refractivity contribution is -0.117. The molecule has 3 nitrogen and oxygen atoms in total. The number of amides is 1. The van der Waals surface area contributed by atoms with Crippen molar-refractivity contribution in [2.45, 2.75) is 12.8 Å². The van der Waals surface area contributed by atoms with Crippen LogP contribution in [0.25, 0.3) is 0 Å². The molecular weight excluding hydrogens is 104 g/mol. The lowest BCUT2D eigenvalue weighted by Gasteiger charge is -1.87. The molecule has 0 atom stereocenters. The summed E-state index contributed by atoms with van der Waals surface area (Å²) in [5, 5.41) is 0. The molecule has 0 unspecified atom stereocenters. The van der Waals surface area contributed by atoms with E-state index in [0.717, 1.165) is 0 Å². The third-order valence-electron chi connectivity index (χ3n) is 0.771. The van der Waals surface area contributed by atoms with E-state index in [2.05, 4.69) is 11.7 Å². The molecule has 0 aliphatic heterocycles.